The molecule has 2 aromatic carbocycles. The maximum atomic E-state index is 13.1. The number of carbonyl (C=O) groups excluding carboxylic acids is 2. The summed E-state index contributed by atoms with van der Waals surface area (Å²) in [5, 5.41) is 12.4. The van der Waals surface area contributed by atoms with E-state index in [9.17, 15) is 23.9 Å². The molecule has 32 heavy (non-hydrogen) atoms. The fourth-order valence-corrected chi connectivity index (χ4v) is 3.73. The number of nitrogen functional groups attached to an aromatic ring is 1. The van der Waals surface area contributed by atoms with Crippen molar-refractivity contribution >= 4 is 35.0 Å². The zero-order chi connectivity index (χ0) is 22.8. The quantitative estimate of drug-likeness (QED) is 0.512. The van der Waals surface area contributed by atoms with Gasteiger partial charge in [0, 0.05) is 23.1 Å². The number of halogens is 1. The van der Waals surface area contributed by atoms with E-state index in [0.717, 1.165) is 0 Å². The lowest BCUT2D eigenvalue weighted by atomic mass is 9.82. The molecule has 2 amide bonds. The van der Waals surface area contributed by atoms with Crippen molar-refractivity contribution in [1.82, 2.24) is 4.98 Å². The Morgan fingerprint density at radius 3 is 2.56 bits per heavy atom. The summed E-state index contributed by atoms with van der Waals surface area (Å²) in [5.41, 5.74) is 7.33. The Labute approximate surface area is 182 Å². The van der Waals surface area contributed by atoms with Crippen LogP contribution < -0.4 is 16.0 Å². The van der Waals surface area contributed by atoms with E-state index in [1.54, 1.807) is 30.3 Å². The third kappa shape index (κ3) is 4.13. The van der Waals surface area contributed by atoms with Crippen LogP contribution in [0.3, 0.4) is 0 Å². The Bertz CT molecular complexity index is 1200. The molecule has 9 heteroatoms. The van der Waals surface area contributed by atoms with Gasteiger partial charge >= 0.3 is 5.97 Å². The van der Waals surface area contributed by atoms with E-state index in [1.165, 1.54) is 41.4 Å². The lowest BCUT2D eigenvalue weighted by Crippen LogP contribution is -2.65. The molecular weight excluding hydrogens is 415 g/mol. The Kier molecular flexibility index (Phi) is 5.55. The van der Waals surface area contributed by atoms with Crippen molar-refractivity contribution in [3.63, 3.8) is 0 Å². The highest BCUT2D eigenvalue weighted by molar-refractivity contribution is 6.11. The van der Waals surface area contributed by atoms with Crippen molar-refractivity contribution < 1.29 is 23.9 Å². The first-order valence-corrected chi connectivity index (χ1v) is 9.77. The Morgan fingerprint density at radius 1 is 1.12 bits per heavy atom. The zero-order valence-electron chi connectivity index (χ0n) is 16.7. The summed E-state index contributed by atoms with van der Waals surface area (Å²) in [4.78, 5) is 42.4. The summed E-state index contributed by atoms with van der Waals surface area (Å²) in [6.45, 7) is 0. The normalized spacial score (nSPS) is 17.5. The van der Waals surface area contributed by atoms with Crippen LogP contribution in [0.4, 0.5) is 21.6 Å². The van der Waals surface area contributed by atoms with Gasteiger partial charge in [0.1, 0.15) is 17.7 Å². The van der Waals surface area contributed by atoms with E-state index < -0.39 is 29.7 Å². The number of benzene rings is 2. The second-order valence-electron chi connectivity index (χ2n) is 7.40. The van der Waals surface area contributed by atoms with E-state index in [4.69, 9.17) is 5.73 Å². The van der Waals surface area contributed by atoms with Gasteiger partial charge < -0.3 is 16.2 Å². The first-order chi connectivity index (χ1) is 15.3. The number of aliphatic carboxylic acids is 1. The van der Waals surface area contributed by atoms with E-state index in [0.29, 0.717) is 16.9 Å². The van der Waals surface area contributed by atoms with Gasteiger partial charge in [0.05, 0.1) is 5.92 Å². The maximum absolute atomic E-state index is 13.1. The first kappa shape index (κ1) is 21.0. The lowest BCUT2D eigenvalue weighted by Gasteiger charge is -2.44. The number of nitrogens with one attached hydrogen (secondary N) is 1. The van der Waals surface area contributed by atoms with Gasteiger partial charge in [0.25, 0.3) is 5.91 Å². The molecule has 3 aromatic rings. The van der Waals surface area contributed by atoms with Gasteiger partial charge in [-0.15, -0.1) is 0 Å². The van der Waals surface area contributed by atoms with E-state index >= 15 is 0 Å². The smallest absolute Gasteiger partial charge is 0.327 e. The second kappa shape index (κ2) is 8.46. The summed E-state index contributed by atoms with van der Waals surface area (Å²) in [7, 11) is 0. The molecule has 0 saturated carbocycles. The molecule has 162 valence electrons. The van der Waals surface area contributed by atoms with Gasteiger partial charge in [0.15, 0.2) is 0 Å². The Hall–Kier alpha value is -4.27. The maximum Gasteiger partial charge on any atom is 0.327 e. The number of pyridine rings is 1. The monoisotopic (exact) mass is 434 g/mol. The van der Waals surface area contributed by atoms with Crippen LogP contribution in [0.1, 0.15) is 15.9 Å². The van der Waals surface area contributed by atoms with Crippen molar-refractivity contribution in [2.24, 2.45) is 5.92 Å². The van der Waals surface area contributed by atoms with Crippen LogP contribution in [-0.2, 0) is 16.0 Å². The van der Waals surface area contributed by atoms with Gasteiger partial charge in [-0.25, -0.2) is 14.2 Å². The molecule has 2 unspecified atom stereocenters. The van der Waals surface area contributed by atoms with Crippen molar-refractivity contribution in [3.8, 4) is 0 Å². The molecule has 1 aliphatic heterocycles. The lowest BCUT2D eigenvalue weighted by molar-refractivity contribution is -0.149. The molecule has 2 atom stereocenters. The Morgan fingerprint density at radius 2 is 1.88 bits per heavy atom. The number of anilines is 3. The van der Waals surface area contributed by atoms with Gasteiger partial charge in [0.2, 0.25) is 5.91 Å². The minimum atomic E-state index is -1.14. The van der Waals surface area contributed by atoms with E-state index in [-0.39, 0.29) is 23.7 Å². The molecule has 1 aromatic heterocycles. The van der Waals surface area contributed by atoms with Crippen molar-refractivity contribution in [1.29, 1.82) is 0 Å². The summed E-state index contributed by atoms with van der Waals surface area (Å²) in [6, 6.07) is 13.6. The van der Waals surface area contributed by atoms with Crippen LogP contribution in [0.15, 0.2) is 66.9 Å². The minimum absolute atomic E-state index is 0.212. The van der Waals surface area contributed by atoms with Crippen LogP contribution >= 0.6 is 0 Å². The average Bonchev–Trinajstić information content (AvgIpc) is 2.77. The molecule has 4 rings (SSSR count). The molecule has 2 heterocycles. The predicted molar refractivity (Wildman–Crippen MR) is 116 cm³/mol. The number of hydrogen-bond acceptors (Lipinski definition) is 5. The van der Waals surface area contributed by atoms with Crippen molar-refractivity contribution in [2.75, 3.05) is 16.0 Å². The number of carbonyl (C=O) groups is 3. The number of β-lactam (4-membered cyclic amide) rings is 1. The van der Waals surface area contributed by atoms with Crippen LogP contribution in [-0.4, -0.2) is 33.9 Å². The van der Waals surface area contributed by atoms with Crippen molar-refractivity contribution in [2.45, 2.75) is 12.5 Å². The van der Waals surface area contributed by atoms with Crippen LogP contribution in [0, 0.1) is 11.7 Å². The molecule has 1 aliphatic rings. The fraction of sp³-hybridized carbons (Fsp3) is 0.130. The Balaban J connectivity index is 1.53. The number of nitrogens with zero attached hydrogens (tertiary/aromatic N) is 2. The predicted octanol–water partition coefficient (Wildman–Crippen LogP) is 2.71. The minimum Gasteiger partial charge on any atom is -0.480 e. The highest BCUT2D eigenvalue weighted by Gasteiger charge is 2.52. The molecule has 0 spiro atoms. The highest BCUT2D eigenvalue weighted by Crippen LogP contribution is 2.35. The van der Waals surface area contributed by atoms with Gasteiger partial charge in [-0.05, 0) is 66.6 Å². The SMILES string of the molecule is Nc1cc(CC2C(=O)N(c3cccc(C(=O)Nc4ccc(F)cc4)c3)C2C(=O)O)ccn1. The zero-order valence-corrected chi connectivity index (χ0v) is 16.7. The van der Waals surface area contributed by atoms with Gasteiger partial charge in [-0.1, -0.05) is 6.07 Å². The molecule has 0 radical (unpaired) electrons. The number of carboxylic acid groups (broad SMARTS) is 1. The summed E-state index contributed by atoms with van der Waals surface area (Å²) >= 11 is 0. The number of aromatic nitrogens is 1. The molecule has 1 fully saturated rings. The molecule has 1 saturated heterocycles. The molecule has 8 nitrogen and oxygen atoms in total. The van der Waals surface area contributed by atoms with E-state index in [1.807, 2.05) is 0 Å². The fourth-order valence-electron chi connectivity index (χ4n) is 3.73. The largest absolute Gasteiger partial charge is 0.480 e. The topological polar surface area (TPSA) is 126 Å². The van der Waals surface area contributed by atoms with Crippen molar-refractivity contribution in [3.05, 3.63) is 83.8 Å². The summed E-state index contributed by atoms with van der Waals surface area (Å²) in [5.74, 6) is -2.86. The van der Waals surface area contributed by atoms with Crippen LogP contribution in [0.5, 0.6) is 0 Å². The number of rotatable bonds is 6. The number of carboxylic acids is 1. The highest BCUT2D eigenvalue weighted by atomic mass is 19.1. The average molecular weight is 434 g/mol. The third-order valence-corrected chi connectivity index (χ3v) is 5.26. The van der Waals surface area contributed by atoms with E-state index in [2.05, 4.69) is 10.3 Å². The number of hydrogen-bond donors (Lipinski definition) is 3. The second-order valence-corrected chi connectivity index (χ2v) is 7.40. The van der Waals surface area contributed by atoms with Crippen LogP contribution in [0.25, 0.3) is 0 Å². The molecule has 0 bridgehead atoms. The third-order valence-electron chi connectivity index (χ3n) is 5.26. The van der Waals surface area contributed by atoms with Crippen LogP contribution in [0.2, 0.25) is 0 Å². The molecular formula is C23H19FN4O4. The summed E-state index contributed by atoms with van der Waals surface area (Å²) < 4.78 is 13.1. The molecule has 4 N–H and O–H groups in total. The van der Waals surface area contributed by atoms with Gasteiger partial charge in [-0.3, -0.25) is 14.5 Å². The number of amides is 2. The summed E-state index contributed by atoms with van der Waals surface area (Å²) in [6.07, 6.45) is 1.72. The first-order valence-electron chi connectivity index (χ1n) is 9.77. The molecule has 0 aliphatic carbocycles. The van der Waals surface area contributed by atoms with Gasteiger partial charge in [-0.2, -0.15) is 0 Å². The number of nitrogens with two attached hydrogens (primary N) is 1. The standard InChI is InChI=1S/C23H19FN4O4/c24-15-4-6-16(7-5-15)27-21(29)14-2-1-3-17(12-14)28-20(23(31)32)18(22(28)30)10-13-8-9-26-19(25)11-13/h1-9,11-12,18,20H,10H2,(H2,25,26)(H,27,29)(H,31,32).